The van der Waals surface area contributed by atoms with Gasteiger partial charge in [-0.15, -0.1) is 0 Å². The van der Waals surface area contributed by atoms with Crippen LogP contribution in [-0.2, 0) is 14.4 Å². The van der Waals surface area contributed by atoms with Gasteiger partial charge in [-0.3, -0.25) is 14.4 Å². The number of benzene rings is 4. The van der Waals surface area contributed by atoms with E-state index >= 15 is 0 Å². The number of fused-ring (bicyclic) bond motifs is 2. The maximum absolute atomic E-state index is 14.2. The van der Waals surface area contributed by atoms with E-state index in [1.165, 1.54) is 12.1 Å². The normalized spacial score (nSPS) is 22.0. The molecule has 2 fully saturated rings. The molecule has 7 heteroatoms. The predicted octanol–water partition coefficient (Wildman–Crippen LogP) is 5.68. The van der Waals surface area contributed by atoms with Crippen molar-refractivity contribution >= 4 is 45.6 Å². The summed E-state index contributed by atoms with van der Waals surface area (Å²) in [6.45, 7) is 0. The third kappa shape index (κ3) is 3.10. The molecule has 34 heavy (non-hydrogen) atoms. The number of imide groups is 1. The second kappa shape index (κ2) is 7.94. The highest BCUT2D eigenvalue weighted by Crippen LogP contribution is 2.49. The second-order valence-electron chi connectivity index (χ2n) is 8.34. The van der Waals surface area contributed by atoms with Crippen molar-refractivity contribution in [1.29, 1.82) is 0 Å². The minimum atomic E-state index is -1.03. The molecule has 168 valence electrons. The molecule has 3 atom stereocenters. The van der Waals surface area contributed by atoms with E-state index in [4.69, 9.17) is 16.4 Å². The van der Waals surface area contributed by atoms with Crippen molar-refractivity contribution in [2.75, 3.05) is 9.96 Å². The van der Waals surface area contributed by atoms with E-state index in [-0.39, 0.29) is 10.7 Å². The highest BCUT2D eigenvalue weighted by atomic mass is 35.5. The molecule has 2 heterocycles. The third-order valence-electron chi connectivity index (χ3n) is 6.43. The number of carbonyl (C=O) groups excluding carboxylic acids is 2. The van der Waals surface area contributed by atoms with E-state index in [0.29, 0.717) is 0 Å². The average Bonchev–Trinajstić information content (AvgIpc) is 3.37. The maximum atomic E-state index is 14.2. The number of hydroxylamine groups is 1. The fraction of sp³-hybridized carbons (Fsp3) is 0.111. The van der Waals surface area contributed by atoms with E-state index in [0.717, 1.165) is 33.0 Å². The first-order valence-corrected chi connectivity index (χ1v) is 11.2. The van der Waals surface area contributed by atoms with Gasteiger partial charge in [0.2, 0.25) is 5.91 Å². The lowest BCUT2D eigenvalue weighted by Gasteiger charge is -2.29. The van der Waals surface area contributed by atoms with Gasteiger partial charge < -0.3 is 0 Å². The zero-order valence-corrected chi connectivity index (χ0v) is 18.5. The Bertz CT molecular complexity index is 1440. The second-order valence-corrected chi connectivity index (χ2v) is 8.74. The molecule has 0 saturated carbocycles. The molecule has 2 aliphatic rings. The standard InChI is InChI=1S/C27H18ClFN2O3/c28-21-14-13-18(15-22(21)29)30-26(32)23-24(20-12-6-8-16-7-4-5-11-19(16)20)31(34-25(23)27(30)33)17-9-2-1-3-10-17/h1-15,23-25H/t23-,24-,25-/m0/s1. The summed E-state index contributed by atoms with van der Waals surface area (Å²) in [6.07, 6.45) is -1.03. The highest BCUT2D eigenvalue weighted by molar-refractivity contribution is 6.31. The highest BCUT2D eigenvalue weighted by Gasteiger charge is 2.60. The van der Waals surface area contributed by atoms with Crippen molar-refractivity contribution in [2.24, 2.45) is 5.92 Å². The zero-order valence-electron chi connectivity index (χ0n) is 17.8. The van der Waals surface area contributed by atoms with Crippen LogP contribution >= 0.6 is 11.6 Å². The molecular formula is C27H18ClFN2O3. The van der Waals surface area contributed by atoms with Gasteiger partial charge in [-0.25, -0.2) is 14.4 Å². The van der Waals surface area contributed by atoms with Crippen LogP contribution in [0.4, 0.5) is 15.8 Å². The van der Waals surface area contributed by atoms with Gasteiger partial charge in [0, 0.05) is 0 Å². The first-order chi connectivity index (χ1) is 16.5. The van der Waals surface area contributed by atoms with Gasteiger partial charge in [0.05, 0.1) is 22.4 Å². The molecule has 6 rings (SSSR count). The lowest BCUT2D eigenvalue weighted by atomic mass is 9.87. The number of rotatable bonds is 3. The van der Waals surface area contributed by atoms with Crippen LogP contribution in [0.25, 0.3) is 10.8 Å². The van der Waals surface area contributed by atoms with Crippen molar-refractivity contribution in [1.82, 2.24) is 0 Å². The Morgan fingerprint density at radius 2 is 1.53 bits per heavy atom. The lowest BCUT2D eigenvalue weighted by molar-refractivity contribution is -0.126. The largest absolute Gasteiger partial charge is 0.273 e. The number of nitrogens with zero attached hydrogens (tertiary/aromatic N) is 2. The van der Waals surface area contributed by atoms with Gasteiger partial charge in [-0.05, 0) is 46.7 Å². The first-order valence-electron chi connectivity index (χ1n) is 10.9. The van der Waals surface area contributed by atoms with Gasteiger partial charge in [-0.1, -0.05) is 72.3 Å². The molecule has 2 amide bonds. The van der Waals surface area contributed by atoms with Crippen molar-refractivity contribution in [3.8, 4) is 0 Å². The van der Waals surface area contributed by atoms with E-state index in [2.05, 4.69) is 0 Å². The Labute approximate surface area is 199 Å². The number of para-hydroxylation sites is 1. The third-order valence-corrected chi connectivity index (χ3v) is 6.74. The van der Waals surface area contributed by atoms with Crippen molar-refractivity contribution in [3.05, 3.63) is 107 Å². The molecule has 0 unspecified atom stereocenters. The molecule has 0 aromatic heterocycles. The first kappa shape index (κ1) is 20.8. The van der Waals surface area contributed by atoms with Gasteiger partial charge >= 0.3 is 0 Å². The van der Waals surface area contributed by atoms with Crippen LogP contribution in [0.3, 0.4) is 0 Å². The fourth-order valence-electron chi connectivity index (χ4n) is 4.92. The topological polar surface area (TPSA) is 49.9 Å². The lowest BCUT2D eigenvalue weighted by Crippen LogP contribution is -2.37. The van der Waals surface area contributed by atoms with Crippen LogP contribution in [0.5, 0.6) is 0 Å². The molecule has 0 aliphatic carbocycles. The van der Waals surface area contributed by atoms with Gasteiger partial charge in [0.15, 0.2) is 6.10 Å². The molecule has 2 saturated heterocycles. The Morgan fingerprint density at radius 3 is 2.32 bits per heavy atom. The number of anilines is 2. The summed E-state index contributed by atoms with van der Waals surface area (Å²) in [5.41, 5.74) is 1.75. The van der Waals surface area contributed by atoms with E-state index in [9.17, 15) is 14.0 Å². The van der Waals surface area contributed by atoms with Crippen molar-refractivity contribution in [3.63, 3.8) is 0 Å². The Kier molecular flexibility index (Phi) is 4.86. The fourth-order valence-corrected chi connectivity index (χ4v) is 5.03. The summed E-state index contributed by atoms with van der Waals surface area (Å²) in [4.78, 5) is 34.3. The van der Waals surface area contributed by atoms with Crippen molar-refractivity contribution < 1.29 is 18.8 Å². The minimum Gasteiger partial charge on any atom is -0.273 e. The van der Waals surface area contributed by atoms with Gasteiger partial charge in [0.1, 0.15) is 11.7 Å². The average molecular weight is 473 g/mol. The quantitative estimate of drug-likeness (QED) is 0.360. The summed E-state index contributed by atoms with van der Waals surface area (Å²) in [5.74, 6) is -2.47. The molecular weight excluding hydrogens is 455 g/mol. The van der Waals surface area contributed by atoms with E-state index in [1.807, 2.05) is 72.8 Å². The number of hydrogen-bond acceptors (Lipinski definition) is 4. The summed E-state index contributed by atoms with van der Waals surface area (Å²) in [5, 5.41) is 3.57. The van der Waals surface area contributed by atoms with Gasteiger partial charge in [0.25, 0.3) is 5.91 Å². The monoisotopic (exact) mass is 472 g/mol. The molecule has 0 spiro atoms. The summed E-state index contributed by atoms with van der Waals surface area (Å²) < 4.78 is 14.2. The minimum absolute atomic E-state index is 0.0804. The Hall–Kier alpha value is -3.74. The number of hydrogen-bond donors (Lipinski definition) is 0. The number of carbonyl (C=O) groups is 2. The molecule has 5 nitrogen and oxygen atoms in total. The molecule has 4 aromatic rings. The van der Waals surface area contributed by atoms with Crippen LogP contribution in [0.15, 0.2) is 91.0 Å². The maximum Gasteiger partial charge on any atom is 0.266 e. The molecule has 0 bridgehead atoms. The molecule has 4 aromatic carbocycles. The van der Waals surface area contributed by atoms with Gasteiger partial charge in [-0.2, -0.15) is 0 Å². The summed E-state index contributed by atoms with van der Waals surface area (Å²) in [7, 11) is 0. The van der Waals surface area contributed by atoms with Crippen LogP contribution in [-0.4, -0.2) is 17.9 Å². The SMILES string of the molecule is O=C1[C@@H]2[C@H](ON(c3ccccc3)[C@H]2c2cccc3ccccc23)C(=O)N1c1ccc(Cl)c(F)c1. The Balaban J connectivity index is 1.50. The number of amides is 2. The van der Waals surface area contributed by atoms with E-state index in [1.54, 1.807) is 5.06 Å². The summed E-state index contributed by atoms with van der Waals surface area (Å²) >= 11 is 5.81. The van der Waals surface area contributed by atoms with Crippen LogP contribution in [0.1, 0.15) is 11.6 Å². The summed E-state index contributed by atoms with van der Waals surface area (Å²) in [6, 6.07) is 26.5. The van der Waals surface area contributed by atoms with Crippen LogP contribution in [0.2, 0.25) is 5.02 Å². The smallest absolute Gasteiger partial charge is 0.266 e. The predicted molar refractivity (Wildman–Crippen MR) is 128 cm³/mol. The Morgan fingerprint density at radius 1 is 0.794 bits per heavy atom. The molecule has 2 aliphatic heterocycles. The molecule has 0 radical (unpaired) electrons. The van der Waals surface area contributed by atoms with E-state index < -0.39 is 35.7 Å². The van der Waals surface area contributed by atoms with Crippen molar-refractivity contribution in [2.45, 2.75) is 12.1 Å². The van der Waals surface area contributed by atoms with Crippen LogP contribution < -0.4 is 9.96 Å². The zero-order chi connectivity index (χ0) is 23.4. The molecule has 0 N–H and O–H groups in total. The van der Waals surface area contributed by atoms with Crippen LogP contribution in [0, 0.1) is 11.7 Å². The number of halogens is 2.